The first kappa shape index (κ1) is 21.1. The third kappa shape index (κ3) is 5.91. The number of amidine groups is 1. The third-order valence-electron chi connectivity index (χ3n) is 4.02. The number of carbonyl (C=O) groups excluding carboxylic acids is 2. The zero-order chi connectivity index (χ0) is 20.8. The zero-order valence-electron chi connectivity index (χ0n) is 15.8. The van der Waals surface area contributed by atoms with E-state index in [1.807, 2.05) is 49.4 Å². The summed E-state index contributed by atoms with van der Waals surface area (Å²) in [5, 5.41) is 13.3. The van der Waals surface area contributed by atoms with Crippen LogP contribution < -0.4 is 15.4 Å². The van der Waals surface area contributed by atoms with Gasteiger partial charge in [-0.05, 0) is 37.3 Å². The number of carbonyl (C=O) groups is 2. The van der Waals surface area contributed by atoms with Crippen LogP contribution in [0.5, 0.6) is 5.75 Å². The van der Waals surface area contributed by atoms with E-state index in [9.17, 15) is 9.59 Å². The summed E-state index contributed by atoms with van der Waals surface area (Å²) in [6.45, 7) is 1.97. The molecule has 7 nitrogen and oxygen atoms in total. The molecule has 1 saturated heterocycles. The number of thioether (sulfide) groups is 1. The van der Waals surface area contributed by atoms with Crippen molar-refractivity contribution in [3.63, 3.8) is 0 Å². The van der Waals surface area contributed by atoms with Crippen molar-refractivity contribution < 1.29 is 14.3 Å². The van der Waals surface area contributed by atoms with Crippen LogP contribution in [0.4, 0.5) is 5.69 Å². The molecule has 1 aliphatic rings. The minimum atomic E-state index is -0.546. The highest BCUT2D eigenvalue weighted by Gasteiger charge is 2.32. The van der Waals surface area contributed by atoms with Crippen LogP contribution in [0.1, 0.15) is 17.5 Å². The molecule has 2 aromatic rings. The number of hydrogen-bond donors (Lipinski definition) is 2. The summed E-state index contributed by atoms with van der Waals surface area (Å²) in [6.07, 6.45) is 1.59. The fraction of sp³-hybridized carbons (Fsp3) is 0.200. The number of methoxy groups -OCH3 is 1. The van der Waals surface area contributed by atoms with Gasteiger partial charge in [-0.2, -0.15) is 5.10 Å². The maximum atomic E-state index is 12.2. The molecule has 3 rings (SSSR count). The lowest BCUT2D eigenvalue weighted by Gasteiger charge is -2.07. The van der Waals surface area contributed by atoms with Gasteiger partial charge in [0.25, 0.3) is 0 Å². The van der Waals surface area contributed by atoms with E-state index in [4.69, 9.17) is 4.74 Å². The van der Waals surface area contributed by atoms with E-state index in [0.717, 1.165) is 15.6 Å². The van der Waals surface area contributed by atoms with Crippen molar-refractivity contribution in [2.45, 2.75) is 18.6 Å². The number of amides is 2. The number of rotatable bonds is 6. The molecule has 0 aromatic heterocycles. The summed E-state index contributed by atoms with van der Waals surface area (Å²) in [5.74, 6) is 0.166. The molecule has 1 aliphatic heterocycles. The molecule has 2 aromatic carbocycles. The van der Waals surface area contributed by atoms with Crippen LogP contribution in [0.15, 0.2) is 57.1 Å². The van der Waals surface area contributed by atoms with E-state index in [2.05, 4.69) is 36.8 Å². The molecule has 0 bridgehead atoms. The normalized spacial score (nSPS) is 17.6. The van der Waals surface area contributed by atoms with Crippen molar-refractivity contribution in [3.8, 4) is 5.75 Å². The number of aryl methyl sites for hydroxylation is 1. The van der Waals surface area contributed by atoms with E-state index in [-0.39, 0.29) is 18.2 Å². The molecule has 0 saturated carbocycles. The van der Waals surface area contributed by atoms with Crippen LogP contribution in [-0.2, 0) is 9.59 Å². The second-order valence-corrected chi connectivity index (χ2v) is 8.36. The highest BCUT2D eigenvalue weighted by molar-refractivity contribution is 9.10. The Balaban J connectivity index is 1.58. The van der Waals surface area contributed by atoms with Gasteiger partial charge in [-0.15, -0.1) is 5.10 Å². The third-order valence-corrected chi connectivity index (χ3v) is 5.59. The summed E-state index contributed by atoms with van der Waals surface area (Å²) in [4.78, 5) is 24.3. The molecule has 29 heavy (non-hydrogen) atoms. The van der Waals surface area contributed by atoms with Crippen molar-refractivity contribution in [1.29, 1.82) is 0 Å². The first-order valence-electron chi connectivity index (χ1n) is 8.73. The summed E-state index contributed by atoms with van der Waals surface area (Å²) < 4.78 is 6.16. The van der Waals surface area contributed by atoms with Crippen molar-refractivity contribution in [3.05, 3.63) is 58.1 Å². The Morgan fingerprint density at radius 2 is 2.07 bits per heavy atom. The molecular weight excluding hydrogens is 456 g/mol. The van der Waals surface area contributed by atoms with E-state index in [1.165, 1.54) is 11.8 Å². The number of benzene rings is 2. The number of ether oxygens (including phenoxy) is 1. The Kier molecular flexibility index (Phi) is 7.05. The van der Waals surface area contributed by atoms with Gasteiger partial charge in [-0.25, -0.2) is 0 Å². The summed E-state index contributed by atoms with van der Waals surface area (Å²) >= 11 is 4.58. The SMILES string of the molecule is COc1ccc(Br)cc1C=N/N=C1/NC(=O)C(CC(=O)Nc2ccc(C)cc2)S1. The minimum Gasteiger partial charge on any atom is -0.496 e. The second-order valence-electron chi connectivity index (χ2n) is 6.25. The highest BCUT2D eigenvalue weighted by Crippen LogP contribution is 2.24. The summed E-state index contributed by atoms with van der Waals surface area (Å²) in [5.41, 5.74) is 2.55. The van der Waals surface area contributed by atoms with Crippen LogP contribution in [0.3, 0.4) is 0 Å². The molecule has 1 fully saturated rings. The molecule has 2 amide bonds. The average Bonchev–Trinajstić information content (AvgIpc) is 3.03. The predicted octanol–water partition coefficient (Wildman–Crippen LogP) is 3.72. The van der Waals surface area contributed by atoms with Crippen LogP contribution in [0, 0.1) is 6.92 Å². The van der Waals surface area contributed by atoms with Gasteiger partial charge < -0.3 is 15.4 Å². The van der Waals surface area contributed by atoms with Gasteiger partial charge in [0, 0.05) is 22.1 Å². The van der Waals surface area contributed by atoms with E-state index >= 15 is 0 Å². The Bertz CT molecular complexity index is 976. The molecule has 1 unspecified atom stereocenters. The standard InChI is InChI=1S/C20H19BrN4O3S/c1-12-3-6-15(7-4-12)23-18(26)10-17-19(27)24-20(29-17)25-22-11-13-9-14(21)5-8-16(13)28-2/h3-9,11,17H,10H2,1-2H3,(H,23,26)(H,24,25,27). The molecule has 9 heteroatoms. The van der Waals surface area contributed by atoms with Crippen LogP contribution in [0.2, 0.25) is 0 Å². The molecule has 0 aliphatic carbocycles. The molecule has 150 valence electrons. The van der Waals surface area contributed by atoms with Crippen molar-refractivity contribution in [2.75, 3.05) is 12.4 Å². The van der Waals surface area contributed by atoms with Crippen molar-refractivity contribution in [1.82, 2.24) is 5.32 Å². The number of nitrogens with one attached hydrogen (secondary N) is 2. The minimum absolute atomic E-state index is 0.0482. The Hall–Kier alpha value is -2.65. The molecule has 1 heterocycles. The van der Waals surface area contributed by atoms with Crippen LogP contribution in [-0.4, -0.2) is 35.6 Å². The summed E-state index contributed by atoms with van der Waals surface area (Å²) in [7, 11) is 1.58. The Labute approximate surface area is 181 Å². The van der Waals surface area contributed by atoms with Gasteiger partial charge >= 0.3 is 0 Å². The van der Waals surface area contributed by atoms with E-state index in [1.54, 1.807) is 13.3 Å². The lowest BCUT2D eigenvalue weighted by molar-refractivity contribution is -0.122. The maximum absolute atomic E-state index is 12.2. The smallest absolute Gasteiger partial charge is 0.240 e. The highest BCUT2D eigenvalue weighted by atomic mass is 79.9. The monoisotopic (exact) mass is 474 g/mol. The number of anilines is 1. The number of nitrogens with zero attached hydrogens (tertiary/aromatic N) is 2. The Morgan fingerprint density at radius 1 is 1.31 bits per heavy atom. The van der Waals surface area contributed by atoms with Crippen molar-refractivity contribution >= 4 is 56.6 Å². The van der Waals surface area contributed by atoms with Gasteiger partial charge in [0.2, 0.25) is 11.8 Å². The number of hydrogen-bond acceptors (Lipinski definition) is 6. The molecular formula is C20H19BrN4O3S. The van der Waals surface area contributed by atoms with Gasteiger partial charge in [0.1, 0.15) is 11.0 Å². The first-order valence-corrected chi connectivity index (χ1v) is 10.4. The summed E-state index contributed by atoms with van der Waals surface area (Å²) in [6, 6.07) is 13.0. The van der Waals surface area contributed by atoms with Crippen molar-refractivity contribution in [2.24, 2.45) is 10.2 Å². The molecule has 0 radical (unpaired) electrons. The largest absolute Gasteiger partial charge is 0.496 e. The lowest BCUT2D eigenvalue weighted by Crippen LogP contribution is -2.28. The second kappa shape index (κ2) is 9.71. The maximum Gasteiger partial charge on any atom is 0.240 e. The van der Waals surface area contributed by atoms with Gasteiger partial charge in [-0.3, -0.25) is 9.59 Å². The fourth-order valence-corrected chi connectivity index (χ4v) is 3.86. The van der Waals surface area contributed by atoms with Crippen LogP contribution >= 0.6 is 27.7 Å². The molecule has 1 atom stereocenters. The fourth-order valence-electron chi connectivity index (χ4n) is 2.55. The Morgan fingerprint density at radius 3 is 2.79 bits per heavy atom. The average molecular weight is 475 g/mol. The van der Waals surface area contributed by atoms with E-state index < -0.39 is 5.25 Å². The lowest BCUT2D eigenvalue weighted by atomic mass is 10.2. The van der Waals surface area contributed by atoms with Gasteiger partial charge in [-0.1, -0.05) is 45.4 Å². The number of halogens is 1. The molecule has 2 N–H and O–H groups in total. The molecule has 0 spiro atoms. The quantitative estimate of drug-likeness (QED) is 0.492. The van der Waals surface area contributed by atoms with E-state index in [0.29, 0.717) is 16.6 Å². The van der Waals surface area contributed by atoms with Gasteiger partial charge in [0.15, 0.2) is 5.17 Å². The first-order chi connectivity index (χ1) is 13.9. The topological polar surface area (TPSA) is 92.2 Å². The predicted molar refractivity (Wildman–Crippen MR) is 120 cm³/mol. The zero-order valence-corrected chi connectivity index (χ0v) is 18.2. The van der Waals surface area contributed by atoms with Gasteiger partial charge in [0.05, 0.1) is 13.3 Å². The van der Waals surface area contributed by atoms with Crippen LogP contribution in [0.25, 0.3) is 0 Å².